The summed E-state index contributed by atoms with van der Waals surface area (Å²) in [5.41, 5.74) is 0.956. The van der Waals surface area contributed by atoms with Crippen LogP contribution in [0.25, 0.3) is 0 Å². The van der Waals surface area contributed by atoms with E-state index in [1.807, 2.05) is 24.3 Å². The summed E-state index contributed by atoms with van der Waals surface area (Å²) in [4.78, 5) is 27.6. The van der Waals surface area contributed by atoms with Gasteiger partial charge in [0.2, 0.25) is 15.9 Å². The zero-order chi connectivity index (χ0) is 23.2. The lowest BCUT2D eigenvalue weighted by Crippen LogP contribution is -2.49. The third kappa shape index (κ3) is 3.59. The molecule has 2 amide bonds. The molecular weight excluding hydrogens is 466 g/mol. The molecule has 0 radical (unpaired) electrons. The minimum Gasteiger partial charge on any atom is -0.495 e. The Morgan fingerprint density at radius 2 is 1.94 bits per heavy atom. The van der Waals surface area contributed by atoms with Crippen molar-refractivity contribution in [3.8, 4) is 5.75 Å². The molecule has 1 atom stereocenters. The molecule has 11 heteroatoms. The van der Waals surface area contributed by atoms with Crippen LogP contribution in [0.4, 0.5) is 11.4 Å². The fourth-order valence-electron chi connectivity index (χ4n) is 4.40. The van der Waals surface area contributed by atoms with Crippen LogP contribution in [-0.2, 0) is 24.3 Å². The van der Waals surface area contributed by atoms with Crippen molar-refractivity contribution >= 4 is 45.0 Å². The van der Waals surface area contributed by atoms with E-state index in [4.69, 9.17) is 9.47 Å². The number of thioether (sulfide) groups is 1. The first-order valence-electron chi connectivity index (χ1n) is 10.6. The van der Waals surface area contributed by atoms with Gasteiger partial charge in [0.25, 0.3) is 5.91 Å². The van der Waals surface area contributed by atoms with Gasteiger partial charge < -0.3 is 14.8 Å². The van der Waals surface area contributed by atoms with Gasteiger partial charge in [0, 0.05) is 24.4 Å². The highest BCUT2D eigenvalue weighted by atomic mass is 32.2. The number of hydrogen-bond acceptors (Lipinski definition) is 7. The lowest BCUT2D eigenvalue weighted by atomic mass is 10.1. The fourth-order valence-corrected chi connectivity index (χ4v) is 7.25. The van der Waals surface area contributed by atoms with Crippen molar-refractivity contribution in [3.63, 3.8) is 0 Å². The van der Waals surface area contributed by atoms with Crippen molar-refractivity contribution < 1.29 is 27.5 Å². The fraction of sp³-hybridized carbons (Fsp3) is 0.364. The zero-order valence-corrected chi connectivity index (χ0v) is 19.6. The Balaban J connectivity index is 1.47. The van der Waals surface area contributed by atoms with Crippen LogP contribution in [0.2, 0.25) is 0 Å². The molecule has 0 bridgehead atoms. The van der Waals surface area contributed by atoms with Gasteiger partial charge in [-0.3, -0.25) is 14.5 Å². The van der Waals surface area contributed by atoms with E-state index in [2.05, 4.69) is 5.32 Å². The molecule has 2 aromatic rings. The monoisotopic (exact) mass is 489 g/mol. The number of sulfonamides is 1. The van der Waals surface area contributed by atoms with Crippen molar-refractivity contribution in [3.05, 3.63) is 42.5 Å². The lowest BCUT2D eigenvalue weighted by Gasteiger charge is -2.30. The number of methoxy groups -OCH3 is 1. The SMILES string of the molecule is COc1ccc(S(=O)(=O)N2CCOCC2)cc1NC(=O)[C@@]12CCC(=O)N1c1ccccc1S2. The molecule has 1 N–H and O–H groups in total. The second kappa shape index (κ2) is 8.32. The molecule has 2 saturated heterocycles. The Hall–Kier alpha value is -2.60. The average Bonchev–Trinajstić information content (AvgIpc) is 3.35. The molecule has 174 valence electrons. The van der Waals surface area contributed by atoms with Crippen LogP contribution in [0.3, 0.4) is 0 Å². The molecule has 3 heterocycles. The maximum absolute atomic E-state index is 13.6. The molecule has 33 heavy (non-hydrogen) atoms. The molecule has 2 fully saturated rings. The summed E-state index contributed by atoms with van der Waals surface area (Å²) >= 11 is 1.34. The minimum absolute atomic E-state index is 0.0553. The highest BCUT2D eigenvalue weighted by Crippen LogP contribution is 2.56. The van der Waals surface area contributed by atoms with Crippen LogP contribution in [0.5, 0.6) is 5.75 Å². The zero-order valence-electron chi connectivity index (χ0n) is 17.9. The van der Waals surface area contributed by atoms with Crippen LogP contribution in [-0.4, -0.2) is 62.8 Å². The number of nitrogens with one attached hydrogen (secondary N) is 1. The van der Waals surface area contributed by atoms with Crippen LogP contribution in [0, 0.1) is 0 Å². The Kier molecular flexibility index (Phi) is 5.60. The topological polar surface area (TPSA) is 105 Å². The summed E-state index contributed by atoms with van der Waals surface area (Å²) in [5, 5.41) is 2.85. The van der Waals surface area contributed by atoms with Gasteiger partial charge in [-0.15, -0.1) is 0 Å². The van der Waals surface area contributed by atoms with E-state index in [-0.39, 0.29) is 36.0 Å². The Bertz CT molecular complexity index is 1230. The smallest absolute Gasteiger partial charge is 0.261 e. The van der Waals surface area contributed by atoms with Crippen molar-refractivity contribution in [1.29, 1.82) is 0 Å². The first-order valence-corrected chi connectivity index (χ1v) is 12.8. The molecule has 0 spiro atoms. The van der Waals surface area contributed by atoms with Crippen LogP contribution in [0.1, 0.15) is 12.8 Å². The second-order valence-electron chi connectivity index (χ2n) is 7.92. The van der Waals surface area contributed by atoms with E-state index in [1.54, 1.807) is 4.90 Å². The first kappa shape index (κ1) is 22.2. The molecule has 0 aromatic heterocycles. The molecule has 3 aliphatic rings. The number of hydrogen-bond donors (Lipinski definition) is 1. The molecule has 2 aromatic carbocycles. The predicted molar refractivity (Wildman–Crippen MR) is 123 cm³/mol. The van der Waals surface area contributed by atoms with E-state index in [0.29, 0.717) is 25.4 Å². The van der Waals surface area contributed by atoms with Gasteiger partial charge in [-0.25, -0.2) is 8.42 Å². The molecule has 0 aliphatic carbocycles. The highest BCUT2D eigenvalue weighted by molar-refractivity contribution is 8.02. The number of anilines is 2. The maximum Gasteiger partial charge on any atom is 0.261 e. The van der Waals surface area contributed by atoms with Crippen molar-refractivity contribution in [2.24, 2.45) is 0 Å². The van der Waals surface area contributed by atoms with Gasteiger partial charge in [-0.1, -0.05) is 23.9 Å². The van der Waals surface area contributed by atoms with E-state index in [0.717, 1.165) is 10.6 Å². The number of nitrogens with zero attached hydrogens (tertiary/aromatic N) is 2. The Morgan fingerprint density at radius 3 is 2.70 bits per heavy atom. The van der Waals surface area contributed by atoms with Gasteiger partial charge >= 0.3 is 0 Å². The number of amides is 2. The molecular formula is C22H23N3O6S2. The number of ether oxygens (including phenoxy) is 2. The number of benzene rings is 2. The standard InChI is InChI=1S/C22H23N3O6S2/c1-30-18-7-6-15(33(28,29)24-10-12-31-13-11-24)14-16(18)23-21(27)22-9-8-20(26)25(22)17-4-2-3-5-19(17)32-22/h2-7,14H,8-13H2,1H3,(H,23,27)/t22-/m0/s1. The summed E-state index contributed by atoms with van der Waals surface area (Å²) in [5.74, 6) is -0.177. The van der Waals surface area contributed by atoms with E-state index in [9.17, 15) is 18.0 Å². The normalized spacial score (nSPS) is 22.7. The summed E-state index contributed by atoms with van der Waals surface area (Å²) in [6.07, 6.45) is 0.614. The Labute approximate surface area is 196 Å². The van der Waals surface area contributed by atoms with Crippen LogP contribution < -0.4 is 15.0 Å². The minimum atomic E-state index is -3.76. The summed E-state index contributed by atoms with van der Waals surface area (Å²) in [7, 11) is -2.31. The number of morpholine rings is 1. The van der Waals surface area contributed by atoms with Gasteiger partial charge in [0.1, 0.15) is 5.75 Å². The van der Waals surface area contributed by atoms with Gasteiger partial charge in [-0.05, 0) is 36.8 Å². The van der Waals surface area contributed by atoms with Crippen molar-refractivity contribution in [2.45, 2.75) is 27.5 Å². The summed E-state index contributed by atoms with van der Waals surface area (Å²) in [6.45, 7) is 1.21. The second-order valence-corrected chi connectivity index (χ2v) is 11.2. The third-order valence-corrected chi connectivity index (χ3v) is 9.42. The van der Waals surface area contributed by atoms with Gasteiger partial charge in [-0.2, -0.15) is 4.31 Å². The molecule has 3 aliphatic heterocycles. The van der Waals surface area contributed by atoms with E-state index in [1.165, 1.54) is 41.4 Å². The maximum atomic E-state index is 13.6. The number of carbonyl (C=O) groups excluding carboxylic acids is 2. The van der Waals surface area contributed by atoms with Crippen LogP contribution in [0.15, 0.2) is 52.3 Å². The number of para-hydroxylation sites is 1. The van der Waals surface area contributed by atoms with Crippen LogP contribution >= 0.6 is 11.8 Å². The summed E-state index contributed by atoms with van der Waals surface area (Å²) in [6, 6.07) is 11.8. The number of rotatable bonds is 5. The Morgan fingerprint density at radius 1 is 1.18 bits per heavy atom. The number of fused-ring (bicyclic) bond motifs is 3. The largest absolute Gasteiger partial charge is 0.495 e. The average molecular weight is 490 g/mol. The molecule has 0 saturated carbocycles. The lowest BCUT2D eigenvalue weighted by molar-refractivity contribution is -0.121. The summed E-state index contributed by atoms with van der Waals surface area (Å²) < 4.78 is 38.2. The highest BCUT2D eigenvalue weighted by Gasteiger charge is 2.57. The number of carbonyl (C=O) groups is 2. The molecule has 5 rings (SSSR count). The molecule has 0 unspecified atom stereocenters. The first-order chi connectivity index (χ1) is 15.9. The van der Waals surface area contributed by atoms with E-state index < -0.39 is 20.8 Å². The predicted octanol–water partition coefficient (Wildman–Crippen LogP) is 2.28. The third-order valence-electron chi connectivity index (χ3n) is 6.06. The van der Waals surface area contributed by atoms with Gasteiger partial charge in [0.15, 0.2) is 4.87 Å². The molecule has 9 nitrogen and oxygen atoms in total. The van der Waals surface area contributed by atoms with Crippen molar-refractivity contribution in [2.75, 3.05) is 43.6 Å². The quantitative estimate of drug-likeness (QED) is 0.687. The van der Waals surface area contributed by atoms with Gasteiger partial charge in [0.05, 0.1) is 36.6 Å². The van der Waals surface area contributed by atoms with Crippen molar-refractivity contribution in [1.82, 2.24) is 4.31 Å². The van der Waals surface area contributed by atoms with E-state index >= 15 is 0 Å².